The van der Waals surface area contributed by atoms with Crippen LogP contribution in [0.2, 0.25) is 0 Å². The highest BCUT2D eigenvalue weighted by Gasteiger charge is 2.29. The molecule has 12 rings (SSSR count). The highest BCUT2D eigenvalue weighted by Crippen LogP contribution is 2.50. The molecule has 232 valence electrons. The van der Waals surface area contributed by atoms with Crippen LogP contribution in [0.25, 0.3) is 99.3 Å². The lowest BCUT2D eigenvalue weighted by Gasteiger charge is -2.20. The molecule has 0 spiro atoms. The van der Waals surface area contributed by atoms with Crippen molar-refractivity contribution < 1.29 is 4.42 Å². The van der Waals surface area contributed by atoms with E-state index >= 15 is 0 Å². The minimum Gasteiger partial charge on any atom is -0.455 e. The molecule has 0 aliphatic carbocycles. The second-order valence-corrected chi connectivity index (χ2v) is 14.0. The van der Waals surface area contributed by atoms with Crippen LogP contribution >= 0.6 is 11.8 Å². The zero-order chi connectivity index (χ0) is 32.5. The quantitative estimate of drug-likeness (QED) is 0.186. The van der Waals surface area contributed by atoms with Gasteiger partial charge in [0.2, 0.25) is 5.95 Å². The maximum atomic E-state index is 6.89. The first kappa shape index (κ1) is 26.6. The normalized spacial score (nSPS) is 12.7. The molecule has 0 atom stereocenters. The van der Waals surface area contributed by atoms with Crippen LogP contribution in [0.15, 0.2) is 160 Å². The van der Waals surface area contributed by atoms with Crippen molar-refractivity contribution in [2.24, 2.45) is 0 Å². The Hall–Kier alpha value is -6.37. The smallest absolute Gasteiger partial charge is 0.235 e. The first-order chi connectivity index (χ1) is 24.8. The fraction of sp³-hybridized carbons (Fsp3) is 0. The summed E-state index contributed by atoms with van der Waals surface area (Å²) in [6.07, 6.45) is 0. The lowest BCUT2D eigenvalue weighted by atomic mass is 10.0. The van der Waals surface area contributed by atoms with Gasteiger partial charge in [-0.2, -0.15) is 0 Å². The molecule has 4 aromatic heterocycles. The van der Waals surface area contributed by atoms with Gasteiger partial charge < -0.3 is 8.98 Å². The minimum absolute atomic E-state index is 0.649. The summed E-state index contributed by atoms with van der Waals surface area (Å²) in [5, 5.41) is 7.80. The fourth-order valence-corrected chi connectivity index (χ4v) is 9.43. The molecule has 5 nitrogen and oxygen atoms in total. The van der Waals surface area contributed by atoms with E-state index in [1.165, 1.54) is 9.79 Å². The number of aromatic nitrogens is 4. The number of fused-ring (bicyclic) bond motifs is 14. The zero-order valence-corrected chi connectivity index (χ0v) is 27.3. The van der Waals surface area contributed by atoms with Gasteiger partial charge in [0.25, 0.3) is 0 Å². The summed E-state index contributed by atoms with van der Waals surface area (Å²) in [5.74, 6) is 0.649. The number of hydrogen-bond acceptors (Lipinski definition) is 4. The van der Waals surface area contributed by atoms with Crippen molar-refractivity contribution in [1.29, 1.82) is 0 Å². The molecule has 0 amide bonds. The summed E-state index contributed by atoms with van der Waals surface area (Å²) in [6, 6.07) is 51.4. The zero-order valence-electron chi connectivity index (χ0n) is 26.5. The summed E-state index contributed by atoms with van der Waals surface area (Å²) in [5.41, 5.74) is 10.2. The molecule has 0 saturated carbocycles. The summed E-state index contributed by atoms with van der Waals surface area (Å²) >= 11 is 1.79. The van der Waals surface area contributed by atoms with E-state index in [-0.39, 0.29) is 0 Å². The number of furan rings is 1. The molecule has 7 aromatic carbocycles. The molecule has 0 fully saturated rings. The van der Waals surface area contributed by atoms with Crippen molar-refractivity contribution in [2.45, 2.75) is 9.79 Å². The third kappa shape index (κ3) is 3.33. The van der Waals surface area contributed by atoms with Crippen molar-refractivity contribution >= 4 is 88.2 Å². The Morgan fingerprint density at radius 1 is 0.480 bits per heavy atom. The van der Waals surface area contributed by atoms with Gasteiger partial charge in [-0.1, -0.05) is 109 Å². The monoisotopic (exact) mass is 656 g/mol. The van der Waals surface area contributed by atoms with Crippen molar-refractivity contribution in [2.75, 3.05) is 0 Å². The van der Waals surface area contributed by atoms with E-state index in [0.29, 0.717) is 5.95 Å². The van der Waals surface area contributed by atoms with Crippen LogP contribution in [0.5, 0.6) is 0 Å². The molecule has 0 bridgehead atoms. The molecule has 1 aliphatic rings. The van der Waals surface area contributed by atoms with E-state index in [2.05, 4.69) is 155 Å². The standard InChI is InChI=1S/C44H24N4OS/c1-2-13-25(14-3-1)47-31-20-8-5-16-27(31)38-42(47)41-36(37-28-17-6-10-22-33(28)49-43(37)38)26-15-4-9-21-32(26)48(41)44-45-30-19-12-24-35-39(30)40(46-44)29-18-7-11-23-34(29)50-35/h1-24H. The number of para-hydroxylation sites is 4. The molecule has 0 N–H and O–H groups in total. The van der Waals surface area contributed by atoms with Crippen molar-refractivity contribution in [3.8, 4) is 22.9 Å². The fourth-order valence-electron chi connectivity index (χ4n) is 8.32. The number of benzene rings is 7. The van der Waals surface area contributed by atoms with Gasteiger partial charge in [0, 0.05) is 53.4 Å². The van der Waals surface area contributed by atoms with E-state index in [1.807, 2.05) is 0 Å². The summed E-state index contributed by atoms with van der Waals surface area (Å²) in [6.45, 7) is 0. The summed E-state index contributed by atoms with van der Waals surface area (Å²) in [4.78, 5) is 13.3. The predicted octanol–water partition coefficient (Wildman–Crippen LogP) is 11.9. The SMILES string of the molecule is c1ccc(-n2c3ccccc3c3c4oc5ccccc5c4c4c5ccccc5n(-c5nc6c7c(cccc7n5)Sc5ccccc5-6)c4c32)cc1. The van der Waals surface area contributed by atoms with Crippen molar-refractivity contribution in [1.82, 2.24) is 19.1 Å². The van der Waals surface area contributed by atoms with E-state index in [1.54, 1.807) is 11.8 Å². The van der Waals surface area contributed by atoms with Gasteiger partial charge in [-0.15, -0.1) is 0 Å². The van der Waals surface area contributed by atoms with E-state index < -0.39 is 0 Å². The Kier molecular flexibility index (Phi) is 5.11. The van der Waals surface area contributed by atoms with Crippen LogP contribution in [0, 0.1) is 0 Å². The van der Waals surface area contributed by atoms with Gasteiger partial charge in [-0.3, -0.25) is 4.57 Å². The second kappa shape index (κ2) is 9.62. The average molecular weight is 657 g/mol. The highest BCUT2D eigenvalue weighted by molar-refractivity contribution is 7.99. The van der Waals surface area contributed by atoms with Crippen LogP contribution in [0.4, 0.5) is 0 Å². The molecule has 0 radical (unpaired) electrons. The molecule has 11 aromatic rings. The highest BCUT2D eigenvalue weighted by atomic mass is 32.2. The Morgan fingerprint density at radius 3 is 2.00 bits per heavy atom. The Morgan fingerprint density at radius 2 is 1.14 bits per heavy atom. The molecule has 6 heteroatoms. The molecule has 50 heavy (non-hydrogen) atoms. The Bertz CT molecular complexity index is 3240. The molecular formula is C44H24N4OS. The van der Waals surface area contributed by atoms with Crippen LogP contribution < -0.4 is 0 Å². The molecule has 1 aliphatic heterocycles. The molecule has 0 saturated heterocycles. The van der Waals surface area contributed by atoms with Crippen molar-refractivity contribution in [3.05, 3.63) is 146 Å². The number of nitrogens with zero attached hydrogens (tertiary/aromatic N) is 4. The summed E-state index contributed by atoms with van der Waals surface area (Å²) < 4.78 is 11.6. The van der Waals surface area contributed by atoms with Crippen LogP contribution in [0.3, 0.4) is 0 Å². The van der Waals surface area contributed by atoms with Gasteiger partial charge in [0.05, 0.1) is 38.7 Å². The summed E-state index contributed by atoms with van der Waals surface area (Å²) in [7, 11) is 0. The van der Waals surface area contributed by atoms with Gasteiger partial charge in [-0.05, 0) is 48.5 Å². The van der Waals surface area contributed by atoms with E-state index in [0.717, 1.165) is 93.4 Å². The lowest BCUT2D eigenvalue weighted by Crippen LogP contribution is -2.06. The Labute approximate surface area is 289 Å². The van der Waals surface area contributed by atoms with Gasteiger partial charge in [0.1, 0.15) is 11.2 Å². The number of rotatable bonds is 2. The van der Waals surface area contributed by atoms with Crippen LogP contribution in [-0.4, -0.2) is 19.1 Å². The third-order valence-electron chi connectivity index (χ3n) is 10.3. The molecular weight excluding hydrogens is 633 g/mol. The first-order valence-corrected chi connectivity index (χ1v) is 17.6. The van der Waals surface area contributed by atoms with Crippen LogP contribution in [0.1, 0.15) is 0 Å². The number of hydrogen-bond donors (Lipinski definition) is 0. The molecule has 0 unspecified atom stereocenters. The molecule has 5 heterocycles. The third-order valence-corrected chi connectivity index (χ3v) is 11.4. The first-order valence-electron chi connectivity index (χ1n) is 16.8. The predicted molar refractivity (Wildman–Crippen MR) is 205 cm³/mol. The maximum Gasteiger partial charge on any atom is 0.235 e. The minimum atomic E-state index is 0.649. The second-order valence-electron chi connectivity index (χ2n) is 12.9. The van der Waals surface area contributed by atoms with Gasteiger partial charge >= 0.3 is 0 Å². The van der Waals surface area contributed by atoms with Crippen LogP contribution in [-0.2, 0) is 0 Å². The van der Waals surface area contributed by atoms with Crippen molar-refractivity contribution in [3.63, 3.8) is 0 Å². The average Bonchev–Trinajstić information content (AvgIpc) is 3.83. The Balaban J connectivity index is 1.38. The van der Waals surface area contributed by atoms with E-state index in [4.69, 9.17) is 14.4 Å². The van der Waals surface area contributed by atoms with Gasteiger partial charge in [0.15, 0.2) is 0 Å². The largest absolute Gasteiger partial charge is 0.455 e. The van der Waals surface area contributed by atoms with E-state index in [9.17, 15) is 0 Å². The topological polar surface area (TPSA) is 48.8 Å². The maximum absolute atomic E-state index is 6.89. The lowest BCUT2D eigenvalue weighted by molar-refractivity contribution is 0.673. The van der Waals surface area contributed by atoms with Gasteiger partial charge in [-0.25, -0.2) is 9.97 Å².